The minimum atomic E-state index is -0.388. The van der Waals surface area contributed by atoms with Gasteiger partial charge in [0.1, 0.15) is 11.6 Å². The normalized spacial score (nSPS) is 11.1. The van der Waals surface area contributed by atoms with Gasteiger partial charge in [-0.2, -0.15) is 0 Å². The van der Waals surface area contributed by atoms with Crippen LogP contribution in [-0.4, -0.2) is 25.2 Å². The summed E-state index contributed by atoms with van der Waals surface area (Å²) in [4.78, 5) is 8.53. The molecule has 0 aliphatic carbocycles. The van der Waals surface area contributed by atoms with Gasteiger partial charge in [0.2, 0.25) is 5.88 Å². The van der Waals surface area contributed by atoms with Crippen molar-refractivity contribution in [2.24, 2.45) is 10.7 Å². The Morgan fingerprint density at radius 2 is 1.90 bits per heavy atom. The Hall–Kier alpha value is -3.81. The SMILES string of the molecule is COc1ccc(NC(N)=NCc2cccnc2Oc2cccc(F)c2)cc1OC. The number of guanidine groups is 1. The third-order valence-corrected chi connectivity index (χ3v) is 3.94. The second-order valence-electron chi connectivity index (χ2n) is 5.92. The molecule has 3 N–H and O–H groups in total. The van der Waals surface area contributed by atoms with Crippen LogP contribution >= 0.6 is 0 Å². The molecule has 0 saturated carbocycles. The second kappa shape index (κ2) is 9.41. The Kier molecular flexibility index (Phi) is 6.47. The zero-order chi connectivity index (χ0) is 20.6. The summed E-state index contributed by atoms with van der Waals surface area (Å²) < 4.78 is 29.5. The summed E-state index contributed by atoms with van der Waals surface area (Å²) in [7, 11) is 3.12. The molecule has 0 spiro atoms. The van der Waals surface area contributed by atoms with Crippen LogP contribution in [0.5, 0.6) is 23.1 Å². The number of aliphatic imine (C=N–C) groups is 1. The maximum Gasteiger partial charge on any atom is 0.224 e. The highest BCUT2D eigenvalue weighted by molar-refractivity contribution is 5.92. The first-order chi connectivity index (χ1) is 14.1. The average Bonchev–Trinajstić information content (AvgIpc) is 2.73. The van der Waals surface area contributed by atoms with Gasteiger partial charge < -0.3 is 25.3 Å². The number of halogens is 1. The van der Waals surface area contributed by atoms with Crippen molar-refractivity contribution in [3.05, 3.63) is 72.2 Å². The first-order valence-electron chi connectivity index (χ1n) is 8.75. The monoisotopic (exact) mass is 396 g/mol. The number of hydrogen-bond acceptors (Lipinski definition) is 5. The predicted molar refractivity (Wildman–Crippen MR) is 109 cm³/mol. The van der Waals surface area contributed by atoms with E-state index in [0.717, 1.165) is 0 Å². The van der Waals surface area contributed by atoms with Gasteiger partial charge in [0.25, 0.3) is 0 Å². The molecule has 2 aromatic carbocycles. The first-order valence-corrected chi connectivity index (χ1v) is 8.75. The zero-order valence-corrected chi connectivity index (χ0v) is 16.1. The third-order valence-electron chi connectivity index (χ3n) is 3.94. The van der Waals surface area contributed by atoms with Crippen molar-refractivity contribution >= 4 is 11.6 Å². The molecule has 1 heterocycles. The van der Waals surface area contributed by atoms with Crippen molar-refractivity contribution in [3.63, 3.8) is 0 Å². The number of nitrogens with zero attached hydrogens (tertiary/aromatic N) is 2. The fraction of sp³-hybridized carbons (Fsp3) is 0.143. The number of benzene rings is 2. The predicted octanol–water partition coefficient (Wildman–Crippen LogP) is 3.96. The minimum absolute atomic E-state index is 0.206. The Morgan fingerprint density at radius 1 is 1.07 bits per heavy atom. The van der Waals surface area contributed by atoms with Crippen LogP contribution in [0.3, 0.4) is 0 Å². The number of nitrogens with two attached hydrogens (primary N) is 1. The van der Waals surface area contributed by atoms with E-state index in [1.165, 1.54) is 12.1 Å². The summed E-state index contributed by atoms with van der Waals surface area (Å²) in [5, 5.41) is 3.00. The maximum absolute atomic E-state index is 13.4. The van der Waals surface area contributed by atoms with Crippen molar-refractivity contribution in [1.29, 1.82) is 0 Å². The topological polar surface area (TPSA) is 91.0 Å². The van der Waals surface area contributed by atoms with Gasteiger partial charge in [-0.05, 0) is 30.3 Å². The summed E-state index contributed by atoms with van der Waals surface area (Å²) in [5.41, 5.74) is 7.40. The molecule has 0 amide bonds. The molecule has 0 radical (unpaired) electrons. The van der Waals surface area contributed by atoms with E-state index in [9.17, 15) is 4.39 Å². The Morgan fingerprint density at radius 3 is 2.66 bits per heavy atom. The lowest BCUT2D eigenvalue weighted by molar-refractivity contribution is 0.355. The van der Waals surface area contributed by atoms with Crippen molar-refractivity contribution in [2.45, 2.75) is 6.54 Å². The summed E-state index contributed by atoms with van der Waals surface area (Å²) in [6, 6.07) is 14.7. The first kappa shape index (κ1) is 19.9. The van der Waals surface area contributed by atoms with E-state index in [1.54, 1.807) is 56.8 Å². The Labute approximate surface area is 168 Å². The van der Waals surface area contributed by atoms with E-state index in [0.29, 0.717) is 34.4 Å². The number of aromatic nitrogens is 1. The molecule has 0 aliphatic heterocycles. The highest BCUT2D eigenvalue weighted by Gasteiger charge is 2.08. The molecular weight excluding hydrogens is 375 g/mol. The number of nitrogens with one attached hydrogen (secondary N) is 1. The summed E-state index contributed by atoms with van der Waals surface area (Å²) in [6.45, 7) is 0.227. The van der Waals surface area contributed by atoms with Gasteiger partial charge in [-0.15, -0.1) is 0 Å². The van der Waals surface area contributed by atoms with Crippen LogP contribution in [0.2, 0.25) is 0 Å². The molecule has 29 heavy (non-hydrogen) atoms. The van der Waals surface area contributed by atoms with Crippen LogP contribution in [0.25, 0.3) is 0 Å². The van der Waals surface area contributed by atoms with E-state index >= 15 is 0 Å². The standard InChI is InChI=1S/C21H21FN4O3/c1-27-18-9-8-16(12-19(18)28-2)26-21(23)25-13-14-5-4-10-24-20(14)29-17-7-3-6-15(22)11-17/h3-12H,13H2,1-2H3,(H3,23,25,26). The maximum atomic E-state index is 13.4. The van der Waals surface area contributed by atoms with Gasteiger partial charge in [0.05, 0.1) is 20.8 Å². The smallest absolute Gasteiger partial charge is 0.224 e. The largest absolute Gasteiger partial charge is 0.493 e. The molecule has 3 rings (SSSR count). The van der Waals surface area contributed by atoms with Crippen LogP contribution in [0.15, 0.2) is 65.8 Å². The minimum Gasteiger partial charge on any atom is -0.493 e. The third kappa shape index (κ3) is 5.35. The number of ether oxygens (including phenoxy) is 3. The van der Waals surface area contributed by atoms with Crippen molar-refractivity contribution < 1.29 is 18.6 Å². The van der Waals surface area contributed by atoms with Gasteiger partial charge in [0.15, 0.2) is 17.5 Å². The van der Waals surface area contributed by atoms with Gasteiger partial charge in [-0.25, -0.2) is 14.4 Å². The van der Waals surface area contributed by atoms with E-state index in [-0.39, 0.29) is 18.3 Å². The quantitative estimate of drug-likeness (QED) is 0.464. The summed E-state index contributed by atoms with van der Waals surface area (Å²) >= 11 is 0. The van der Waals surface area contributed by atoms with Crippen LogP contribution in [0.4, 0.5) is 10.1 Å². The molecule has 150 valence electrons. The lowest BCUT2D eigenvalue weighted by atomic mass is 10.2. The van der Waals surface area contributed by atoms with E-state index in [4.69, 9.17) is 19.9 Å². The number of rotatable bonds is 7. The van der Waals surface area contributed by atoms with E-state index in [2.05, 4.69) is 15.3 Å². The van der Waals surface area contributed by atoms with Crippen molar-refractivity contribution in [3.8, 4) is 23.1 Å². The average molecular weight is 396 g/mol. The molecular formula is C21H21FN4O3. The number of anilines is 1. The lowest BCUT2D eigenvalue weighted by Gasteiger charge is -2.11. The van der Waals surface area contributed by atoms with E-state index in [1.807, 2.05) is 6.07 Å². The highest BCUT2D eigenvalue weighted by atomic mass is 19.1. The fourth-order valence-corrected chi connectivity index (χ4v) is 2.55. The van der Waals surface area contributed by atoms with E-state index < -0.39 is 0 Å². The molecule has 1 aromatic heterocycles. The van der Waals surface area contributed by atoms with Gasteiger partial charge in [-0.3, -0.25) is 0 Å². The van der Waals surface area contributed by atoms with Gasteiger partial charge in [0, 0.05) is 29.6 Å². The molecule has 0 atom stereocenters. The zero-order valence-electron chi connectivity index (χ0n) is 16.1. The van der Waals surface area contributed by atoms with Crippen LogP contribution < -0.4 is 25.3 Å². The van der Waals surface area contributed by atoms with Gasteiger partial charge in [-0.1, -0.05) is 12.1 Å². The van der Waals surface area contributed by atoms with Crippen LogP contribution in [0.1, 0.15) is 5.56 Å². The molecule has 0 unspecified atom stereocenters. The Bertz CT molecular complexity index is 1010. The number of methoxy groups -OCH3 is 2. The van der Waals surface area contributed by atoms with Crippen molar-refractivity contribution in [1.82, 2.24) is 4.98 Å². The molecule has 3 aromatic rings. The van der Waals surface area contributed by atoms with Crippen molar-refractivity contribution in [2.75, 3.05) is 19.5 Å². The lowest BCUT2D eigenvalue weighted by Crippen LogP contribution is -2.22. The summed E-state index contributed by atoms with van der Waals surface area (Å²) in [5.74, 6) is 1.69. The molecule has 0 bridgehead atoms. The molecule has 0 aliphatic rings. The highest BCUT2D eigenvalue weighted by Crippen LogP contribution is 2.29. The van der Waals surface area contributed by atoms with Gasteiger partial charge >= 0.3 is 0 Å². The fourth-order valence-electron chi connectivity index (χ4n) is 2.55. The second-order valence-corrected chi connectivity index (χ2v) is 5.92. The van der Waals surface area contributed by atoms with Crippen LogP contribution in [0, 0.1) is 5.82 Å². The van der Waals surface area contributed by atoms with Crippen LogP contribution in [-0.2, 0) is 6.54 Å². The molecule has 0 saturated heterocycles. The molecule has 7 nitrogen and oxygen atoms in total. The summed E-state index contributed by atoms with van der Waals surface area (Å²) in [6.07, 6.45) is 1.59. The Balaban J connectivity index is 1.71. The number of hydrogen-bond donors (Lipinski definition) is 2. The molecule has 0 fully saturated rings. The molecule has 8 heteroatoms. The number of pyridine rings is 1.